The van der Waals surface area contributed by atoms with E-state index in [1.807, 2.05) is 30.3 Å². The fourth-order valence-electron chi connectivity index (χ4n) is 4.58. The number of hydrogen-bond acceptors (Lipinski definition) is 5. The molecule has 0 atom stereocenters. The summed E-state index contributed by atoms with van der Waals surface area (Å²) in [4.78, 5) is 4.88. The molecule has 5 heteroatoms. The number of furan rings is 1. The van der Waals surface area contributed by atoms with Gasteiger partial charge >= 0.3 is 0 Å². The van der Waals surface area contributed by atoms with Crippen LogP contribution in [0.2, 0.25) is 0 Å². The lowest BCUT2D eigenvalue weighted by atomic mass is 10.0. The highest BCUT2D eigenvalue weighted by molar-refractivity contribution is 5.88. The minimum absolute atomic E-state index is 0.675. The summed E-state index contributed by atoms with van der Waals surface area (Å²) in [5.74, 6) is 2.64. The first-order valence-corrected chi connectivity index (χ1v) is 11.8. The first kappa shape index (κ1) is 22.7. The lowest BCUT2D eigenvalue weighted by molar-refractivity contribution is 0.139. The van der Waals surface area contributed by atoms with Crippen LogP contribution in [0.1, 0.15) is 38.2 Å². The van der Waals surface area contributed by atoms with Gasteiger partial charge in [0.05, 0.1) is 19.3 Å². The fourth-order valence-corrected chi connectivity index (χ4v) is 4.58. The molecular weight excluding hydrogens is 400 g/mol. The Bertz CT molecular complexity index is 1020. The molecule has 1 aromatic heterocycles. The molecule has 1 saturated heterocycles. The second-order valence-corrected chi connectivity index (χ2v) is 8.94. The van der Waals surface area contributed by atoms with Crippen molar-refractivity contribution in [2.24, 2.45) is 0 Å². The Labute approximate surface area is 191 Å². The maximum absolute atomic E-state index is 6.32. The SMILES string of the molecule is CCCCOc1ccccc1-c1cc2c(CN3CCC(N(C)C)CC3)c(OC)ccc2o1. The van der Waals surface area contributed by atoms with Crippen LogP contribution in [0, 0.1) is 0 Å². The van der Waals surface area contributed by atoms with Gasteiger partial charge in [-0.15, -0.1) is 0 Å². The zero-order valence-corrected chi connectivity index (χ0v) is 19.9. The van der Waals surface area contributed by atoms with Crippen LogP contribution in [0.15, 0.2) is 46.9 Å². The van der Waals surface area contributed by atoms with Gasteiger partial charge in [0.15, 0.2) is 0 Å². The summed E-state index contributed by atoms with van der Waals surface area (Å²) < 4.78 is 18.1. The molecule has 172 valence electrons. The molecule has 0 N–H and O–H groups in total. The number of methoxy groups -OCH3 is 1. The summed E-state index contributed by atoms with van der Waals surface area (Å²) in [7, 11) is 6.11. The third-order valence-corrected chi connectivity index (χ3v) is 6.57. The molecule has 1 fully saturated rings. The highest BCUT2D eigenvalue weighted by Crippen LogP contribution is 2.38. The van der Waals surface area contributed by atoms with E-state index in [0.29, 0.717) is 6.04 Å². The van der Waals surface area contributed by atoms with Gasteiger partial charge in [0.25, 0.3) is 0 Å². The molecule has 0 bridgehead atoms. The number of nitrogens with zero attached hydrogens (tertiary/aromatic N) is 2. The Balaban J connectivity index is 1.63. The van der Waals surface area contributed by atoms with E-state index in [4.69, 9.17) is 13.9 Å². The van der Waals surface area contributed by atoms with Crippen molar-refractivity contribution in [1.29, 1.82) is 0 Å². The normalized spacial score (nSPS) is 15.5. The molecule has 2 aromatic carbocycles. The topological polar surface area (TPSA) is 38.1 Å². The highest BCUT2D eigenvalue weighted by Gasteiger charge is 2.23. The summed E-state index contributed by atoms with van der Waals surface area (Å²) in [5, 5.41) is 1.12. The number of likely N-dealkylation sites (tertiary alicyclic amines) is 1. The number of ether oxygens (including phenoxy) is 2. The Hall–Kier alpha value is -2.50. The van der Waals surface area contributed by atoms with Crippen LogP contribution in [0.4, 0.5) is 0 Å². The molecule has 1 aliphatic heterocycles. The number of benzene rings is 2. The zero-order valence-electron chi connectivity index (χ0n) is 19.9. The van der Waals surface area contributed by atoms with Crippen molar-refractivity contribution >= 4 is 11.0 Å². The van der Waals surface area contributed by atoms with Gasteiger partial charge in [0.2, 0.25) is 0 Å². The van der Waals surface area contributed by atoms with Crippen molar-refractivity contribution in [3.05, 3.63) is 48.0 Å². The summed E-state index contributed by atoms with van der Waals surface area (Å²) in [5.41, 5.74) is 3.09. The summed E-state index contributed by atoms with van der Waals surface area (Å²) in [6, 6.07) is 15.0. The third-order valence-electron chi connectivity index (χ3n) is 6.57. The first-order chi connectivity index (χ1) is 15.6. The average Bonchev–Trinajstić information content (AvgIpc) is 3.25. The Kier molecular flexibility index (Phi) is 7.38. The molecule has 5 nitrogen and oxygen atoms in total. The second-order valence-electron chi connectivity index (χ2n) is 8.94. The number of piperidine rings is 1. The zero-order chi connectivity index (χ0) is 22.5. The molecule has 0 unspecified atom stereocenters. The molecule has 0 radical (unpaired) electrons. The standard InChI is InChI=1S/C27H36N2O3/c1-5-6-17-31-25-10-8-7-9-21(25)27-18-22-23(24(30-4)11-12-26(22)32-27)19-29-15-13-20(14-16-29)28(2)3/h7-12,18,20H,5-6,13-17,19H2,1-4H3. The number of unbranched alkanes of at least 4 members (excludes halogenated alkanes) is 1. The molecule has 0 amide bonds. The average molecular weight is 437 g/mol. The Morgan fingerprint density at radius 1 is 1.06 bits per heavy atom. The quantitative estimate of drug-likeness (QED) is 0.396. The van der Waals surface area contributed by atoms with Crippen molar-refractivity contribution in [3.63, 3.8) is 0 Å². The van der Waals surface area contributed by atoms with Crippen LogP contribution in [-0.4, -0.2) is 56.7 Å². The number of para-hydroxylation sites is 1. The van der Waals surface area contributed by atoms with Crippen LogP contribution in [0.25, 0.3) is 22.3 Å². The first-order valence-electron chi connectivity index (χ1n) is 11.8. The van der Waals surface area contributed by atoms with E-state index >= 15 is 0 Å². The van der Waals surface area contributed by atoms with Crippen LogP contribution >= 0.6 is 0 Å². The van der Waals surface area contributed by atoms with Crippen molar-refractivity contribution in [2.75, 3.05) is 40.9 Å². The van der Waals surface area contributed by atoms with E-state index in [2.05, 4.69) is 43.0 Å². The van der Waals surface area contributed by atoms with E-state index in [9.17, 15) is 0 Å². The lowest BCUT2D eigenvalue weighted by Gasteiger charge is -2.35. The lowest BCUT2D eigenvalue weighted by Crippen LogP contribution is -2.41. The van der Waals surface area contributed by atoms with Gasteiger partial charge in [-0.2, -0.15) is 0 Å². The van der Waals surface area contributed by atoms with Gasteiger partial charge in [-0.05, 0) is 76.8 Å². The maximum Gasteiger partial charge on any atom is 0.139 e. The van der Waals surface area contributed by atoms with Crippen molar-refractivity contribution in [3.8, 4) is 22.8 Å². The van der Waals surface area contributed by atoms with E-state index < -0.39 is 0 Å². The van der Waals surface area contributed by atoms with E-state index in [1.165, 1.54) is 18.4 Å². The largest absolute Gasteiger partial charge is 0.496 e. The van der Waals surface area contributed by atoms with Crippen LogP contribution in [0.5, 0.6) is 11.5 Å². The smallest absolute Gasteiger partial charge is 0.139 e. The van der Waals surface area contributed by atoms with E-state index in [1.54, 1.807) is 7.11 Å². The van der Waals surface area contributed by atoms with Gasteiger partial charge in [-0.3, -0.25) is 4.90 Å². The summed E-state index contributed by atoms with van der Waals surface area (Å²) >= 11 is 0. The van der Waals surface area contributed by atoms with Gasteiger partial charge < -0.3 is 18.8 Å². The van der Waals surface area contributed by atoms with Gasteiger partial charge in [-0.1, -0.05) is 25.5 Å². The molecule has 3 aromatic rings. The molecule has 0 spiro atoms. The molecular formula is C27H36N2O3. The minimum Gasteiger partial charge on any atom is -0.496 e. The van der Waals surface area contributed by atoms with Crippen LogP contribution in [0.3, 0.4) is 0 Å². The maximum atomic E-state index is 6.32. The molecule has 0 aliphatic carbocycles. The predicted molar refractivity (Wildman–Crippen MR) is 131 cm³/mol. The predicted octanol–water partition coefficient (Wildman–Crippen LogP) is 5.81. The Morgan fingerprint density at radius 3 is 2.56 bits per heavy atom. The summed E-state index contributed by atoms with van der Waals surface area (Å²) in [6.07, 6.45) is 4.55. The highest BCUT2D eigenvalue weighted by atomic mass is 16.5. The van der Waals surface area contributed by atoms with Crippen LogP contribution < -0.4 is 9.47 Å². The van der Waals surface area contributed by atoms with Gasteiger partial charge in [0, 0.05) is 23.5 Å². The van der Waals surface area contributed by atoms with Crippen molar-refractivity contribution < 1.29 is 13.9 Å². The van der Waals surface area contributed by atoms with E-state index in [-0.39, 0.29) is 0 Å². The van der Waals surface area contributed by atoms with Crippen molar-refractivity contribution in [2.45, 2.75) is 45.2 Å². The third kappa shape index (κ3) is 4.94. The number of hydrogen-bond donors (Lipinski definition) is 0. The van der Waals surface area contributed by atoms with Gasteiger partial charge in [0.1, 0.15) is 22.8 Å². The molecule has 0 saturated carbocycles. The number of fused-ring (bicyclic) bond motifs is 1. The minimum atomic E-state index is 0.675. The Morgan fingerprint density at radius 2 is 1.84 bits per heavy atom. The summed E-state index contributed by atoms with van der Waals surface area (Å²) in [6.45, 7) is 5.96. The molecule has 1 aliphatic rings. The molecule has 32 heavy (non-hydrogen) atoms. The van der Waals surface area contributed by atoms with Crippen LogP contribution in [-0.2, 0) is 6.54 Å². The molecule has 4 rings (SSSR count). The number of rotatable bonds is 9. The van der Waals surface area contributed by atoms with Crippen molar-refractivity contribution in [1.82, 2.24) is 9.80 Å². The van der Waals surface area contributed by atoms with Gasteiger partial charge in [-0.25, -0.2) is 0 Å². The second kappa shape index (κ2) is 10.4. The fraction of sp³-hybridized carbons (Fsp3) is 0.481. The van der Waals surface area contributed by atoms with E-state index in [0.717, 1.165) is 72.9 Å². The molecule has 2 heterocycles. The monoisotopic (exact) mass is 436 g/mol.